The minimum atomic E-state index is -0.456. The summed E-state index contributed by atoms with van der Waals surface area (Å²) >= 11 is 0. The molecule has 2 aromatic rings. The van der Waals surface area contributed by atoms with E-state index in [2.05, 4.69) is 0 Å². The number of nitrogens with zero attached hydrogens (tertiary/aromatic N) is 1. The van der Waals surface area contributed by atoms with Crippen LogP contribution in [0.3, 0.4) is 0 Å². The summed E-state index contributed by atoms with van der Waals surface area (Å²) in [6.07, 6.45) is 0.960. The first-order valence-electron chi connectivity index (χ1n) is 6.46. The zero-order valence-corrected chi connectivity index (χ0v) is 11.2. The van der Waals surface area contributed by atoms with E-state index in [9.17, 15) is 14.9 Å². The summed E-state index contributed by atoms with van der Waals surface area (Å²) in [5, 5.41) is 10.9. The standard InChI is InChI=1S/C16H15NO3/c1-2-12-7-9-13(10-8-12)16(18)11-14-5-3-4-6-15(14)17(19)20/h3-10H,2,11H2,1H3. The van der Waals surface area contributed by atoms with E-state index in [0.717, 1.165) is 12.0 Å². The first kappa shape index (κ1) is 13.9. The summed E-state index contributed by atoms with van der Waals surface area (Å²) in [7, 11) is 0. The topological polar surface area (TPSA) is 60.2 Å². The lowest BCUT2D eigenvalue weighted by Gasteiger charge is -2.04. The number of carbonyl (C=O) groups is 1. The molecule has 0 saturated heterocycles. The molecule has 20 heavy (non-hydrogen) atoms. The average Bonchev–Trinajstić information content (AvgIpc) is 2.47. The molecule has 0 radical (unpaired) electrons. The summed E-state index contributed by atoms with van der Waals surface area (Å²) in [6.45, 7) is 2.05. The van der Waals surface area contributed by atoms with Gasteiger partial charge in [0.2, 0.25) is 0 Å². The summed E-state index contributed by atoms with van der Waals surface area (Å²) in [5.41, 5.74) is 2.18. The molecule has 0 saturated carbocycles. The molecule has 4 heteroatoms. The molecule has 0 fully saturated rings. The van der Waals surface area contributed by atoms with Gasteiger partial charge in [-0.25, -0.2) is 0 Å². The van der Waals surface area contributed by atoms with Gasteiger partial charge in [-0.3, -0.25) is 14.9 Å². The Labute approximate surface area is 117 Å². The zero-order valence-electron chi connectivity index (χ0n) is 11.2. The van der Waals surface area contributed by atoms with E-state index in [1.807, 2.05) is 19.1 Å². The summed E-state index contributed by atoms with van der Waals surface area (Å²) in [5.74, 6) is -0.109. The van der Waals surface area contributed by atoms with Crippen molar-refractivity contribution >= 4 is 11.5 Å². The number of ketones is 1. The van der Waals surface area contributed by atoms with Gasteiger partial charge in [-0.1, -0.05) is 49.4 Å². The molecule has 0 heterocycles. The highest BCUT2D eigenvalue weighted by Gasteiger charge is 2.16. The summed E-state index contributed by atoms with van der Waals surface area (Å²) in [6, 6.07) is 13.7. The Bertz CT molecular complexity index is 632. The Morgan fingerprint density at radius 3 is 2.35 bits per heavy atom. The minimum Gasteiger partial charge on any atom is -0.294 e. The molecule has 0 aliphatic heterocycles. The van der Waals surface area contributed by atoms with Crippen molar-refractivity contribution in [3.8, 4) is 0 Å². The van der Waals surface area contributed by atoms with Crippen molar-refractivity contribution in [1.82, 2.24) is 0 Å². The van der Waals surface area contributed by atoms with Crippen molar-refractivity contribution in [3.05, 3.63) is 75.3 Å². The third-order valence-electron chi connectivity index (χ3n) is 3.22. The monoisotopic (exact) mass is 269 g/mol. The van der Waals surface area contributed by atoms with E-state index in [1.165, 1.54) is 6.07 Å². The molecule has 0 bridgehead atoms. The second kappa shape index (κ2) is 6.10. The van der Waals surface area contributed by atoms with Crippen LogP contribution >= 0.6 is 0 Å². The van der Waals surface area contributed by atoms with Gasteiger partial charge in [0.15, 0.2) is 5.78 Å². The Hall–Kier alpha value is -2.49. The zero-order chi connectivity index (χ0) is 14.5. The molecule has 0 aromatic heterocycles. The van der Waals surface area contributed by atoms with E-state index in [1.54, 1.807) is 30.3 Å². The van der Waals surface area contributed by atoms with Crippen molar-refractivity contribution < 1.29 is 9.72 Å². The molecule has 0 aliphatic rings. The fourth-order valence-electron chi connectivity index (χ4n) is 2.04. The molecule has 0 N–H and O–H groups in total. The van der Waals surface area contributed by atoms with Gasteiger partial charge < -0.3 is 0 Å². The molecular weight excluding hydrogens is 254 g/mol. The quantitative estimate of drug-likeness (QED) is 0.473. The fourth-order valence-corrected chi connectivity index (χ4v) is 2.04. The van der Waals surface area contributed by atoms with Crippen molar-refractivity contribution in [2.45, 2.75) is 19.8 Å². The van der Waals surface area contributed by atoms with Gasteiger partial charge in [0.05, 0.1) is 4.92 Å². The molecule has 0 aliphatic carbocycles. The molecule has 0 spiro atoms. The van der Waals surface area contributed by atoms with Gasteiger partial charge >= 0.3 is 0 Å². The van der Waals surface area contributed by atoms with Gasteiger partial charge in [-0.15, -0.1) is 0 Å². The van der Waals surface area contributed by atoms with E-state index in [4.69, 9.17) is 0 Å². The van der Waals surface area contributed by atoms with Crippen LogP contribution in [0.15, 0.2) is 48.5 Å². The molecule has 0 atom stereocenters. The Morgan fingerprint density at radius 2 is 1.75 bits per heavy atom. The van der Waals surface area contributed by atoms with E-state index < -0.39 is 4.92 Å². The number of nitro benzene ring substituents is 1. The predicted octanol–water partition coefficient (Wildman–Crippen LogP) is 3.58. The van der Waals surface area contributed by atoms with Crippen molar-refractivity contribution in [2.24, 2.45) is 0 Å². The van der Waals surface area contributed by atoms with Gasteiger partial charge in [0, 0.05) is 23.6 Å². The number of carbonyl (C=O) groups excluding carboxylic acids is 1. The lowest BCUT2D eigenvalue weighted by Crippen LogP contribution is -2.06. The number of Topliss-reactive ketones (excluding diaryl/α,β-unsaturated/α-hetero) is 1. The lowest BCUT2D eigenvalue weighted by atomic mass is 10.0. The number of rotatable bonds is 5. The maximum Gasteiger partial charge on any atom is 0.273 e. The number of hydrogen-bond donors (Lipinski definition) is 0. The summed E-state index contributed by atoms with van der Waals surface area (Å²) in [4.78, 5) is 22.6. The van der Waals surface area contributed by atoms with Crippen molar-refractivity contribution in [3.63, 3.8) is 0 Å². The SMILES string of the molecule is CCc1ccc(C(=O)Cc2ccccc2[N+](=O)[O-])cc1. The number of hydrogen-bond acceptors (Lipinski definition) is 3. The number of aryl methyl sites for hydroxylation is 1. The predicted molar refractivity (Wildman–Crippen MR) is 77.0 cm³/mol. The summed E-state index contributed by atoms with van der Waals surface area (Å²) < 4.78 is 0. The largest absolute Gasteiger partial charge is 0.294 e. The Balaban J connectivity index is 2.21. The fraction of sp³-hybridized carbons (Fsp3) is 0.188. The average molecular weight is 269 g/mol. The van der Waals surface area contributed by atoms with E-state index >= 15 is 0 Å². The third kappa shape index (κ3) is 3.09. The van der Waals surface area contributed by atoms with Crippen LogP contribution in [-0.4, -0.2) is 10.7 Å². The van der Waals surface area contributed by atoms with Gasteiger partial charge in [0.25, 0.3) is 5.69 Å². The molecule has 102 valence electrons. The van der Waals surface area contributed by atoms with Crippen molar-refractivity contribution in [1.29, 1.82) is 0 Å². The Morgan fingerprint density at radius 1 is 1.10 bits per heavy atom. The molecular formula is C16H15NO3. The van der Waals surface area contributed by atoms with Crippen LogP contribution in [0, 0.1) is 10.1 Å². The molecule has 2 rings (SSSR count). The van der Waals surface area contributed by atoms with Crippen LogP contribution < -0.4 is 0 Å². The molecule has 0 unspecified atom stereocenters. The highest BCUT2D eigenvalue weighted by atomic mass is 16.6. The second-order valence-electron chi connectivity index (χ2n) is 4.54. The molecule has 0 amide bonds. The van der Waals surface area contributed by atoms with Crippen LogP contribution in [0.1, 0.15) is 28.4 Å². The highest BCUT2D eigenvalue weighted by Crippen LogP contribution is 2.20. The number of benzene rings is 2. The lowest BCUT2D eigenvalue weighted by molar-refractivity contribution is -0.385. The maximum atomic E-state index is 12.2. The van der Waals surface area contributed by atoms with Crippen LogP contribution in [-0.2, 0) is 12.8 Å². The maximum absolute atomic E-state index is 12.2. The number of nitro groups is 1. The van der Waals surface area contributed by atoms with Gasteiger partial charge in [0.1, 0.15) is 0 Å². The Kier molecular flexibility index (Phi) is 4.25. The van der Waals surface area contributed by atoms with Gasteiger partial charge in [-0.2, -0.15) is 0 Å². The second-order valence-corrected chi connectivity index (χ2v) is 4.54. The van der Waals surface area contributed by atoms with Crippen LogP contribution in [0.2, 0.25) is 0 Å². The van der Waals surface area contributed by atoms with E-state index in [0.29, 0.717) is 11.1 Å². The molecule has 4 nitrogen and oxygen atoms in total. The highest BCUT2D eigenvalue weighted by molar-refractivity contribution is 5.98. The van der Waals surface area contributed by atoms with Crippen LogP contribution in [0.25, 0.3) is 0 Å². The third-order valence-corrected chi connectivity index (χ3v) is 3.22. The molecule has 2 aromatic carbocycles. The van der Waals surface area contributed by atoms with Crippen LogP contribution in [0.5, 0.6) is 0 Å². The van der Waals surface area contributed by atoms with Crippen LogP contribution in [0.4, 0.5) is 5.69 Å². The van der Waals surface area contributed by atoms with Crippen molar-refractivity contribution in [2.75, 3.05) is 0 Å². The normalized spacial score (nSPS) is 10.2. The first-order valence-corrected chi connectivity index (χ1v) is 6.46. The number of para-hydroxylation sites is 1. The van der Waals surface area contributed by atoms with Gasteiger partial charge in [-0.05, 0) is 12.0 Å². The smallest absolute Gasteiger partial charge is 0.273 e. The first-order chi connectivity index (χ1) is 9.61. The minimum absolute atomic E-state index is 0.00831. The van der Waals surface area contributed by atoms with E-state index in [-0.39, 0.29) is 17.9 Å².